The van der Waals surface area contributed by atoms with E-state index in [1.165, 1.54) is 56.1 Å². The van der Waals surface area contributed by atoms with Crippen molar-refractivity contribution in [1.82, 2.24) is 0 Å². The quantitative estimate of drug-likeness (QED) is 0.502. The van der Waals surface area contributed by atoms with Gasteiger partial charge >= 0.3 is 0 Å². The fourth-order valence-corrected chi connectivity index (χ4v) is 8.57. The van der Waals surface area contributed by atoms with Gasteiger partial charge in [0.05, 0.1) is 12.2 Å². The number of allylic oxidation sites excluding steroid dienone is 2. The molecule has 4 aliphatic carbocycles. The Morgan fingerprint density at radius 3 is 2.53 bits per heavy atom. The Hall–Kier alpha value is -0.600. The summed E-state index contributed by atoms with van der Waals surface area (Å²) < 4.78 is 0. The van der Waals surface area contributed by atoms with E-state index in [9.17, 15) is 10.2 Å². The molecule has 4 rings (SSSR count). The van der Waals surface area contributed by atoms with E-state index in [0.717, 1.165) is 30.1 Å². The molecular formula is C28H46O2. The zero-order valence-corrected chi connectivity index (χ0v) is 20.2. The van der Waals surface area contributed by atoms with E-state index in [0.29, 0.717) is 23.7 Å². The van der Waals surface area contributed by atoms with Gasteiger partial charge in [0.2, 0.25) is 0 Å². The van der Waals surface area contributed by atoms with Gasteiger partial charge in [-0.25, -0.2) is 0 Å². The minimum Gasteiger partial charge on any atom is -0.390 e. The first-order valence-corrected chi connectivity index (χ1v) is 12.8. The first kappa shape index (κ1) is 22.6. The first-order chi connectivity index (χ1) is 14.1. The molecule has 3 fully saturated rings. The van der Waals surface area contributed by atoms with Gasteiger partial charge in [-0.1, -0.05) is 58.4 Å². The van der Waals surface area contributed by atoms with Gasteiger partial charge in [-0.05, 0) is 104 Å². The van der Waals surface area contributed by atoms with Crippen molar-refractivity contribution >= 4 is 0 Å². The summed E-state index contributed by atoms with van der Waals surface area (Å²) in [5.41, 5.74) is 3.44. The van der Waals surface area contributed by atoms with Gasteiger partial charge in [-0.3, -0.25) is 0 Å². The Kier molecular flexibility index (Phi) is 6.08. The fraction of sp³-hybridized carbons (Fsp3) is 0.857. The second-order valence-electron chi connectivity index (χ2n) is 12.4. The third kappa shape index (κ3) is 3.54. The molecule has 0 radical (unpaired) electrons. The molecule has 170 valence electrons. The van der Waals surface area contributed by atoms with Crippen molar-refractivity contribution in [1.29, 1.82) is 0 Å². The summed E-state index contributed by atoms with van der Waals surface area (Å²) in [4.78, 5) is 0. The molecule has 0 saturated heterocycles. The first-order valence-electron chi connectivity index (χ1n) is 12.8. The van der Waals surface area contributed by atoms with E-state index in [1.54, 1.807) is 0 Å². The predicted molar refractivity (Wildman–Crippen MR) is 125 cm³/mol. The van der Waals surface area contributed by atoms with E-state index >= 15 is 0 Å². The van der Waals surface area contributed by atoms with Crippen LogP contribution in [-0.2, 0) is 0 Å². The number of aliphatic hydroxyl groups excluding tert-OH is 2. The maximum absolute atomic E-state index is 10.5. The molecule has 30 heavy (non-hydrogen) atoms. The van der Waals surface area contributed by atoms with E-state index in [2.05, 4.69) is 47.3 Å². The fourth-order valence-electron chi connectivity index (χ4n) is 8.57. The summed E-state index contributed by atoms with van der Waals surface area (Å²) in [6.45, 7) is 16.4. The summed E-state index contributed by atoms with van der Waals surface area (Å²) >= 11 is 0. The molecule has 0 aromatic heterocycles. The Labute approximate surface area is 185 Å². The number of rotatable bonds is 5. The number of fused-ring (bicyclic) bond motifs is 5. The van der Waals surface area contributed by atoms with Crippen LogP contribution in [0, 0.1) is 46.3 Å². The van der Waals surface area contributed by atoms with Crippen LogP contribution >= 0.6 is 0 Å². The molecule has 0 amide bonds. The smallest absolute Gasteiger partial charge is 0.0836 e. The van der Waals surface area contributed by atoms with Crippen molar-refractivity contribution in [3.8, 4) is 0 Å². The zero-order valence-electron chi connectivity index (χ0n) is 20.2. The van der Waals surface area contributed by atoms with Crippen LogP contribution in [0.25, 0.3) is 0 Å². The number of hydrogen-bond acceptors (Lipinski definition) is 2. The molecule has 2 heteroatoms. The number of hydrogen-bond donors (Lipinski definition) is 2. The molecule has 0 aromatic carbocycles. The molecule has 0 aliphatic heterocycles. The van der Waals surface area contributed by atoms with Gasteiger partial charge in [0, 0.05) is 0 Å². The second kappa shape index (κ2) is 8.07. The van der Waals surface area contributed by atoms with E-state index < -0.39 is 12.2 Å². The van der Waals surface area contributed by atoms with Gasteiger partial charge in [-0.15, -0.1) is 0 Å². The SMILES string of the molecule is C=C(CC[C@@H](C)[C@H]1CC[C@H]2[C@@H]3CC=C4C[C@@H](O)[C@@H](O)C[C@]4(C)[C@H]3CC[C@]12C)C(C)C. The Balaban J connectivity index is 1.50. The highest BCUT2D eigenvalue weighted by Crippen LogP contribution is 2.67. The van der Waals surface area contributed by atoms with Gasteiger partial charge in [0.15, 0.2) is 0 Å². The highest BCUT2D eigenvalue weighted by Gasteiger charge is 2.59. The molecule has 2 nitrogen and oxygen atoms in total. The Morgan fingerprint density at radius 2 is 1.83 bits per heavy atom. The molecule has 4 aliphatic rings. The van der Waals surface area contributed by atoms with Crippen LogP contribution in [0.5, 0.6) is 0 Å². The maximum atomic E-state index is 10.5. The van der Waals surface area contributed by atoms with Crippen molar-refractivity contribution in [3.63, 3.8) is 0 Å². The molecule has 0 heterocycles. The molecule has 0 aromatic rings. The largest absolute Gasteiger partial charge is 0.390 e. The van der Waals surface area contributed by atoms with Gasteiger partial charge < -0.3 is 10.2 Å². The average Bonchev–Trinajstić information content (AvgIpc) is 3.04. The summed E-state index contributed by atoms with van der Waals surface area (Å²) in [7, 11) is 0. The summed E-state index contributed by atoms with van der Waals surface area (Å²) in [6.07, 6.45) is 11.9. The average molecular weight is 415 g/mol. The Morgan fingerprint density at radius 1 is 1.10 bits per heavy atom. The lowest BCUT2D eigenvalue weighted by Crippen LogP contribution is -2.53. The molecule has 0 unspecified atom stereocenters. The standard InChI is InChI=1S/C28H46O2/c1-17(2)18(3)7-8-19(4)22-11-12-23-21-10-9-20-15-25(29)26(30)16-28(20,6)24(21)13-14-27(22,23)5/h9,17,19,21-26,29-30H,3,7-8,10-16H2,1-2,4-6H3/t19-,21+,22-,23+,24+,25-,26+,27-,28+/m1/s1. The molecule has 9 atom stereocenters. The van der Waals surface area contributed by atoms with Crippen LogP contribution < -0.4 is 0 Å². The molecule has 0 spiro atoms. The van der Waals surface area contributed by atoms with Gasteiger partial charge in [-0.2, -0.15) is 0 Å². The topological polar surface area (TPSA) is 40.5 Å². The van der Waals surface area contributed by atoms with Crippen molar-refractivity contribution in [2.75, 3.05) is 0 Å². The van der Waals surface area contributed by atoms with Crippen LogP contribution in [0.15, 0.2) is 23.8 Å². The van der Waals surface area contributed by atoms with Crippen LogP contribution in [0.3, 0.4) is 0 Å². The Bertz CT molecular complexity index is 693. The predicted octanol–water partition coefficient (Wildman–Crippen LogP) is 6.53. The lowest BCUT2D eigenvalue weighted by Gasteiger charge is -2.59. The monoisotopic (exact) mass is 414 g/mol. The van der Waals surface area contributed by atoms with Crippen molar-refractivity contribution in [2.45, 2.75) is 105 Å². The normalized spacial score (nSPS) is 46.6. The third-order valence-electron chi connectivity index (χ3n) is 10.6. The second-order valence-corrected chi connectivity index (χ2v) is 12.4. The molecule has 2 N–H and O–H groups in total. The lowest BCUT2D eigenvalue weighted by molar-refractivity contribution is -0.0888. The van der Waals surface area contributed by atoms with Crippen LogP contribution in [-0.4, -0.2) is 22.4 Å². The van der Waals surface area contributed by atoms with E-state index in [4.69, 9.17) is 0 Å². The van der Waals surface area contributed by atoms with E-state index in [-0.39, 0.29) is 5.41 Å². The van der Waals surface area contributed by atoms with Crippen molar-refractivity contribution in [2.24, 2.45) is 46.3 Å². The third-order valence-corrected chi connectivity index (χ3v) is 10.6. The van der Waals surface area contributed by atoms with Gasteiger partial charge in [0.25, 0.3) is 0 Å². The van der Waals surface area contributed by atoms with Crippen LogP contribution in [0.4, 0.5) is 0 Å². The maximum Gasteiger partial charge on any atom is 0.0836 e. The zero-order chi connectivity index (χ0) is 21.8. The molecule has 0 bridgehead atoms. The summed E-state index contributed by atoms with van der Waals surface area (Å²) in [5, 5.41) is 20.7. The minimum absolute atomic E-state index is 0.0988. The highest BCUT2D eigenvalue weighted by atomic mass is 16.3. The molecular weight excluding hydrogens is 368 g/mol. The van der Waals surface area contributed by atoms with Crippen LogP contribution in [0.2, 0.25) is 0 Å². The highest BCUT2D eigenvalue weighted by molar-refractivity contribution is 5.26. The number of aliphatic hydroxyl groups is 2. The van der Waals surface area contributed by atoms with Crippen molar-refractivity contribution in [3.05, 3.63) is 23.8 Å². The molecule has 3 saturated carbocycles. The minimum atomic E-state index is -0.563. The van der Waals surface area contributed by atoms with Gasteiger partial charge in [0.1, 0.15) is 0 Å². The van der Waals surface area contributed by atoms with E-state index in [1.807, 2.05) is 0 Å². The summed E-state index contributed by atoms with van der Waals surface area (Å²) in [5.74, 6) is 4.52. The van der Waals surface area contributed by atoms with Crippen molar-refractivity contribution < 1.29 is 10.2 Å². The van der Waals surface area contributed by atoms with Crippen LogP contribution in [0.1, 0.15) is 92.4 Å². The lowest BCUT2D eigenvalue weighted by atomic mass is 9.46. The summed E-state index contributed by atoms with van der Waals surface area (Å²) in [6, 6.07) is 0.